The molecular formula is C20H46N2O3+2. The van der Waals surface area contributed by atoms with E-state index in [1.165, 1.54) is 39.3 Å². The Morgan fingerprint density at radius 1 is 0.400 bits per heavy atom. The second-order valence-electron chi connectivity index (χ2n) is 6.86. The van der Waals surface area contributed by atoms with Crippen LogP contribution in [0.25, 0.3) is 0 Å². The van der Waals surface area contributed by atoms with E-state index in [0.29, 0.717) is 26.4 Å². The van der Waals surface area contributed by atoms with Gasteiger partial charge in [-0.1, -0.05) is 0 Å². The summed E-state index contributed by atoms with van der Waals surface area (Å²) >= 11 is 0. The summed E-state index contributed by atoms with van der Waals surface area (Å²) in [6, 6.07) is 0. The van der Waals surface area contributed by atoms with Crippen LogP contribution < -0.4 is 0 Å². The van der Waals surface area contributed by atoms with Gasteiger partial charge in [0.2, 0.25) is 0 Å². The second kappa shape index (κ2) is 14.9. The number of hydrogen-bond acceptors (Lipinski definition) is 3. The first kappa shape index (κ1) is 24.8. The molecule has 0 aliphatic carbocycles. The van der Waals surface area contributed by atoms with Gasteiger partial charge in [0.25, 0.3) is 0 Å². The Balaban J connectivity index is 3.54. The van der Waals surface area contributed by atoms with Crippen molar-refractivity contribution in [2.75, 3.05) is 92.0 Å². The largest absolute Gasteiger partial charge is 0.377 e. The summed E-state index contributed by atoms with van der Waals surface area (Å²) in [5, 5.41) is 0. The van der Waals surface area contributed by atoms with Crippen molar-refractivity contribution >= 4 is 0 Å². The molecule has 0 N–H and O–H groups in total. The zero-order chi connectivity index (χ0) is 19.0. The van der Waals surface area contributed by atoms with Crippen molar-refractivity contribution in [2.24, 2.45) is 0 Å². The average Bonchev–Trinajstić information content (AvgIpc) is 2.67. The molecule has 0 bridgehead atoms. The van der Waals surface area contributed by atoms with E-state index in [2.05, 4.69) is 41.5 Å². The molecule has 0 fully saturated rings. The van der Waals surface area contributed by atoms with E-state index in [4.69, 9.17) is 14.2 Å². The molecule has 0 aliphatic rings. The van der Waals surface area contributed by atoms with Gasteiger partial charge >= 0.3 is 0 Å². The minimum absolute atomic E-state index is 0.659. The highest BCUT2D eigenvalue weighted by Gasteiger charge is 2.20. The van der Waals surface area contributed by atoms with E-state index in [0.717, 1.165) is 35.3 Å². The molecule has 0 aliphatic heterocycles. The molecule has 152 valence electrons. The number of quaternary nitrogens is 2. The van der Waals surface area contributed by atoms with Crippen molar-refractivity contribution in [3.63, 3.8) is 0 Å². The van der Waals surface area contributed by atoms with E-state index in [1.54, 1.807) is 0 Å². The van der Waals surface area contributed by atoms with E-state index in [1.807, 2.05) is 0 Å². The van der Waals surface area contributed by atoms with Crippen molar-refractivity contribution in [3.05, 3.63) is 0 Å². The number of rotatable bonds is 18. The summed E-state index contributed by atoms with van der Waals surface area (Å²) in [5.41, 5.74) is 0. The first-order chi connectivity index (χ1) is 12.1. The van der Waals surface area contributed by atoms with E-state index in [9.17, 15) is 0 Å². The summed E-state index contributed by atoms with van der Waals surface area (Å²) in [7, 11) is 0. The minimum atomic E-state index is 0.659. The SMILES string of the molecule is CC[N+](CC)(CC)CCOCCOCCOCC[N+](CC)(CC)CC. The van der Waals surface area contributed by atoms with Crippen LogP contribution in [0.5, 0.6) is 0 Å². The number of ether oxygens (including phenoxy) is 3. The van der Waals surface area contributed by atoms with Crippen LogP contribution in [0.4, 0.5) is 0 Å². The van der Waals surface area contributed by atoms with Gasteiger partial charge in [0.15, 0.2) is 0 Å². The fourth-order valence-corrected chi connectivity index (χ4v) is 3.35. The zero-order valence-electron chi connectivity index (χ0n) is 18.0. The molecule has 0 heterocycles. The van der Waals surface area contributed by atoms with Crippen molar-refractivity contribution in [2.45, 2.75) is 41.5 Å². The maximum atomic E-state index is 5.73. The summed E-state index contributed by atoms with van der Waals surface area (Å²) in [5.74, 6) is 0. The van der Waals surface area contributed by atoms with Crippen LogP contribution >= 0.6 is 0 Å². The molecular weight excluding hydrogens is 316 g/mol. The van der Waals surface area contributed by atoms with Crippen LogP contribution in [-0.4, -0.2) is 101 Å². The quantitative estimate of drug-likeness (QED) is 0.277. The van der Waals surface area contributed by atoms with Crippen LogP contribution in [0.1, 0.15) is 41.5 Å². The van der Waals surface area contributed by atoms with Gasteiger partial charge < -0.3 is 23.2 Å². The van der Waals surface area contributed by atoms with Gasteiger partial charge in [0, 0.05) is 0 Å². The smallest absolute Gasteiger partial charge is 0.102 e. The van der Waals surface area contributed by atoms with Crippen molar-refractivity contribution in [3.8, 4) is 0 Å². The highest BCUT2D eigenvalue weighted by atomic mass is 16.5. The predicted molar refractivity (Wildman–Crippen MR) is 106 cm³/mol. The third-order valence-corrected chi connectivity index (χ3v) is 6.19. The third kappa shape index (κ3) is 9.90. The molecule has 0 saturated heterocycles. The highest BCUT2D eigenvalue weighted by Crippen LogP contribution is 2.05. The third-order valence-electron chi connectivity index (χ3n) is 6.19. The molecule has 5 nitrogen and oxygen atoms in total. The lowest BCUT2D eigenvalue weighted by atomic mass is 10.3. The number of hydrogen-bond donors (Lipinski definition) is 0. The zero-order valence-corrected chi connectivity index (χ0v) is 18.0. The van der Waals surface area contributed by atoms with E-state index in [-0.39, 0.29) is 0 Å². The van der Waals surface area contributed by atoms with Gasteiger partial charge in [-0.2, -0.15) is 0 Å². The lowest BCUT2D eigenvalue weighted by molar-refractivity contribution is -0.923. The van der Waals surface area contributed by atoms with Crippen LogP contribution in [0.2, 0.25) is 0 Å². The normalized spacial score (nSPS) is 12.7. The fourth-order valence-electron chi connectivity index (χ4n) is 3.35. The van der Waals surface area contributed by atoms with Crippen LogP contribution in [-0.2, 0) is 14.2 Å². The Morgan fingerprint density at radius 3 is 0.880 bits per heavy atom. The first-order valence-corrected chi connectivity index (χ1v) is 10.5. The van der Waals surface area contributed by atoms with Crippen LogP contribution in [0.3, 0.4) is 0 Å². The maximum Gasteiger partial charge on any atom is 0.102 e. The molecule has 5 heteroatoms. The van der Waals surface area contributed by atoms with E-state index < -0.39 is 0 Å². The Kier molecular flexibility index (Phi) is 14.8. The topological polar surface area (TPSA) is 27.7 Å². The van der Waals surface area contributed by atoms with Gasteiger partial charge in [0.1, 0.15) is 13.1 Å². The van der Waals surface area contributed by atoms with Crippen molar-refractivity contribution in [1.29, 1.82) is 0 Å². The number of likely N-dealkylation sites (N-methyl/N-ethyl adjacent to an activating group) is 2. The molecule has 0 amide bonds. The fraction of sp³-hybridized carbons (Fsp3) is 1.00. The van der Waals surface area contributed by atoms with Gasteiger partial charge in [0.05, 0.1) is 78.9 Å². The monoisotopic (exact) mass is 362 g/mol. The lowest BCUT2D eigenvalue weighted by Gasteiger charge is -2.35. The Labute approximate surface area is 157 Å². The molecule has 0 atom stereocenters. The van der Waals surface area contributed by atoms with Gasteiger partial charge in [-0.05, 0) is 41.5 Å². The van der Waals surface area contributed by atoms with E-state index >= 15 is 0 Å². The standard InChI is InChI=1S/C20H46N2O3/c1-7-21(8-2,9-3)13-15-23-17-19-25-20-18-24-16-14-22(10-4,11-5)12-6/h7-20H2,1-6H3/q+2. The summed E-state index contributed by atoms with van der Waals surface area (Å²) in [6.07, 6.45) is 0. The molecule has 0 rings (SSSR count). The Bertz CT molecular complexity index is 248. The second-order valence-corrected chi connectivity index (χ2v) is 6.86. The van der Waals surface area contributed by atoms with Crippen LogP contribution in [0.15, 0.2) is 0 Å². The molecule has 0 aromatic rings. The maximum absolute atomic E-state index is 5.73. The molecule has 0 saturated carbocycles. The molecule has 0 radical (unpaired) electrons. The minimum Gasteiger partial charge on any atom is -0.377 e. The van der Waals surface area contributed by atoms with Gasteiger partial charge in [-0.3, -0.25) is 0 Å². The van der Waals surface area contributed by atoms with Gasteiger partial charge in [-0.15, -0.1) is 0 Å². The summed E-state index contributed by atoms with van der Waals surface area (Å²) < 4.78 is 19.3. The molecule has 0 aromatic carbocycles. The average molecular weight is 363 g/mol. The summed E-state index contributed by atoms with van der Waals surface area (Å²) in [6.45, 7) is 27.2. The van der Waals surface area contributed by atoms with Crippen molar-refractivity contribution in [1.82, 2.24) is 0 Å². The van der Waals surface area contributed by atoms with Crippen LogP contribution in [0, 0.1) is 0 Å². The lowest BCUT2D eigenvalue weighted by Crippen LogP contribution is -2.49. The Morgan fingerprint density at radius 2 is 0.640 bits per heavy atom. The highest BCUT2D eigenvalue weighted by molar-refractivity contribution is 4.41. The predicted octanol–water partition coefficient (Wildman–Crippen LogP) is 2.79. The van der Waals surface area contributed by atoms with Crippen molar-refractivity contribution < 1.29 is 23.2 Å². The molecule has 25 heavy (non-hydrogen) atoms. The molecule has 0 unspecified atom stereocenters. The molecule has 0 aromatic heterocycles. The van der Waals surface area contributed by atoms with Gasteiger partial charge in [-0.25, -0.2) is 0 Å². The Hall–Kier alpha value is -0.200. The molecule has 0 spiro atoms. The first-order valence-electron chi connectivity index (χ1n) is 10.5. The summed E-state index contributed by atoms with van der Waals surface area (Å²) in [4.78, 5) is 0. The number of nitrogens with zero attached hydrogens (tertiary/aromatic N) is 2.